The Morgan fingerprint density at radius 1 is 0.708 bits per heavy atom. The van der Waals surface area contributed by atoms with Crippen molar-refractivity contribution in [3.8, 4) is 0 Å². The normalized spacial score (nSPS) is 16.8. The zero-order valence-corrected chi connectivity index (χ0v) is 15.2. The second kappa shape index (κ2) is 7.05. The highest BCUT2D eigenvalue weighted by molar-refractivity contribution is 5.87. The van der Waals surface area contributed by atoms with E-state index in [1.807, 2.05) is 0 Å². The molecule has 0 amide bonds. The first-order chi connectivity index (χ1) is 11.6. The third-order valence-electron chi connectivity index (χ3n) is 4.78. The van der Waals surface area contributed by atoms with Gasteiger partial charge in [0.2, 0.25) is 0 Å². The summed E-state index contributed by atoms with van der Waals surface area (Å²) in [6, 6.07) is 9.01. The molecule has 0 saturated carbocycles. The SMILES string of the molecule is CC(C)=C1CC=CC=C1c1cccc(C2=CC=CCC2=C(C)C)c1. The van der Waals surface area contributed by atoms with E-state index in [-0.39, 0.29) is 0 Å². The van der Waals surface area contributed by atoms with Gasteiger partial charge in [-0.1, -0.05) is 65.8 Å². The summed E-state index contributed by atoms with van der Waals surface area (Å²) < 4.78 is 0. The van der Waals surface area contributed by atoms with Gasteiger partial charge in [0.1, 0.15) is 0 Å². The minimum atomic E-state index is 1.03. The Morgan fingerprint density at radius 2 is 1.17 bits per heavy atom. The van der Waals surface area contributed by atoms with E-state index < -0.39 is 0 Å². The average molecular weight is 314 g/mol. The molecule has 0 spiro atoms. The smallest absolute Gasteiger partial charge is 0.00888 e. The molecule has 0 bridgehead atoms. The Kier molecular flexibility index (Phi) is 4.85. The van der Waals surface area contributed by atoms with Gasteiger partial charge in [-0.2, -0.15) is 0 Å². The number of rotatable bonds is 2. The van der Waals surface area contributed by atoms with Gasteiger partial charge in [0, 0.05) is 0 Å². The molecular weight excluding hydrogens is 288 g/mol. The van der Waals surface area contributed by atoms with Gasteiger partial charge in [-0.25, -0.2) is 0 Å². The zero-order chi connectivity index (χ0) is 17.1. The summed E-state index contributed by atoms with van der Waals surface area (Å²) in [4.78, 5) is 0. The maximum Gasteiger partial charge on any atom is -0.00888 e. The summed E-state index contributed by atoms with van der Waals surface area (Å²) in [7, 11) is 0. The second-order valence-corrected chi connectivity index (χ2v) is 6.96. The molecule has 2 aliphatic rings. The molecule has 0 heterocycles. The molecule has 0 aliphatic heterocycles. The monoisotopic (exact) mass is 314 g/mol. The van der Waals surface area contributed by atoms with Gasteiger partial charge in [-0.3, -0.25) is 0 Å². The standard InChI is InChI=1S/C24H26/c1-17(2)21-12-5-7-14-23(21)19-10-9-11-20(16-19)24-15-8-6-13-22(24)18(3)4/h5-11,14-16H,12-13H2,1-4H3. The maximum atomic E-state index is 2.35. The van der Waals surface area contributed by atoms with E-state index in [0.717, 1.165) is 12.8 Å². The van der Waals surface area contributed by atoms with Crippen molar-refractivity contribution < 1.29 is 0 Å². The summed E-state index contributed by atoms with van der Waals surface area (Å²) in [5.74, 6) is 0. The van der Waals surface area contributed by atoms with Crippen LogP contribution in [0.4, 0.5) is 0 Å². The van der Waals surface area contributed by atoms with Crippen LogP contribution in [0.2, 0.25) is 0 Å². The zero-order valence-electron chi connectivity index (χ0n) is 15.2. The van der Waals surface area contributed by atoms with Gasteiger partial charge >= 0.3 is 0 Å². The van der Waals surface area contributed by atoms with Gasteiger partial charge in [0.25, 0.3) is 0 Å². The van der Waals surface area contributed by atoms with Crippen molar-refractivity contribution in [2.24, 2.45) is 0 Å². The maximum absolute atomic E-state index is 2.35. The van der Waals surface area contributed by atoms with Gasteiger partial charge < -0.3 is 0 Å². The molecule has 0 heteroatoms. The van der Waals surface area contributed by atoms with E-state index in [4.69, 9.17) is 0 Å². The third-order valence-corrected chi connectivity index (χ3v) is 4.78. The highest BCUT2D eigenvalue weighted by Gasteiger charge is 2.14. The summed E-state index contributed by atoms with van der Waals surface area (Å²) in [6.07, 6.45) is 15.4. The molecule has 3 rings (SSSR count). The number of hydrogen-bond acceptors (Lipinski definition) is 0. The van der Waals surface area contributed by atoms with Crippen LogP contribution in [0.15, 0.2) is 83.0 Å². The van der Waals surface area contributed by atoms with Crippen LogP contribution in [0.5, 0.6) is 0 Å². The Hall–Kier alpha value is -2.34. The molecule has 24 heavy (non-hydrogen) atoms. The highest BCUT2D eigenvalue weighted by Crippen LogP contribution is 2.35. The van der Waals surface area contributed by atoms with Crippen molar-refractivity contribution >= 4 is 11.1 Å². The van der Waals surface area contributed by atoms with Gasteiger partial charge in [-0.15, -0.1) is 0 Å². The number of benzene rings is 1. The first kappa shape index (κ1) is 16.5. The van der Waals surface area contributed by atoms with E-state index >= 15 is 0 Å². The minimum absolute atomic E-state index is 1.03. The molecule has 0 aromatic heterocycles. The molecule has 0 nitrogen and oxygen atoms in total. The summed E-state index contributed by atoms with van der Waals surface area (Å²) in [6.45, 7) is 8.84. The molecular formula is C24H26. The third kappa shape index (κ3) is 3.28. The van der Waals surface area contributed by atoms with E-state index in [0.29, 0.717) is 0 Å². The quantitative estimate of drug-likeness (QED) is 0.549. The first-order valence-electron chi connectivity index (χ1n) is 8.76. The van der Waals surface area contributed by atoms with Crippen molar-refractivity contribution in [1.29, 1.82) is 0 Å². The molecule has 2 aliphatic carbocycles. The summed E-state index contributed by atoms with van der Waals surface area (Å²) >= 11 is 0. The van der Waals surface area contributed by atoms with Crippen LogP contribution in [0.1, 0.15) is 51.7 Å². The molecule has 0 fully saturated rings. The van der Waals surface area contributed by atoms with Gasteiger partial charge in [0.05, 0.1) is 0 Å². The number of hydrogen-bond donors (Lipinski definition) is 0. The lowest BCUT2D eigenvalue weighted by Gasteiger charge is -2.19. The van der Waals surface area contributed by atoms with Crippen molar-refractivity contribution in [2.75, 3.05) is 0 Å². The largest absolute Gasteiger partial charge is 0.0801 e. The Bertz CT molecular complexity index is 757. The molecule has 0 saturated heterocycles. The van der Waals surface area contributed by atoms with Crippen LogP contribution in [0, 0.1) is 0 Å². The molecule has 0 N–H and O–H groups in total. The van der Waals surface area contributed by atoms with E-state index in [9.17, 15) is 0 Å². The average Bonchev–Trinajstić information content (AvgIpc) is 2.61. The fraction of sp³-hybridized carbons (Fsp3) is 0.250. The molecule has 0 radical (unpaired) electrons. The highest BCUT2D eigenvalue weighted by atomic mass is 14.2. The van der Waals surface area contributed by atoms with Crippen LogP contribution < -0.4 is 0 Å². The van der Waals surface area contributed by atoms with E-state index in [1.54, 1.807) is 0 Å². The Balaban J connectivity index is 2.08. The summed E-state index contributed by atoms with van der Waals surface area (Å²) in [5, 5.41) is 0. The predicted molar refractivity (Wildman–Crippen MR) is 107 cm³/mol. The van der Waals surface area contributed by atoms with Crippen LogP contribution in [-0.4, -0.2) is 0 Å². The van der Waals surface area contributed by atoms with Crippen LogP contribution >= 0.6 is 0 Å². The Morgan fingerprint density at radius 3 is 1.58 bits per heavy atom. The minimum Gasteiger partial charge on any atom is -0.0801 e. The second-order valence-electron chi connectivity index (χ2n) is 6.96. The predicted octanol–water partition coefficient (Wildman–Crippen LogP) is 7.05. The van der Waals surface area contributed by atoms with Crippen LogP contribution in [0.3, 0.4) is 0 Å². The van der Waals surface area contributed by atoms with Crippen molar-refractivity contribution in [2.45, 2.75) is 40.5 Å². The Labute approximate surface area is 146 Å². The fourth-order valence-corrected chi connectivity index (χ4v) is 3.46. The molecule has 122 valence electrons. The van der Waals surface area contributed by atoms with Gasteiger partial charge in [0.15, 0.2) is 0 Å². The van der Waals surface area contributed by atoms with E-state index in [1.165, 1.54) is 44.6 Å². The number of allylic oxidation sites excluding steroid dienone is 12. The van der Waals surface area contributed by atoms with Crippen molar-refractivity contribution in [3.05, 3.63) is 94.1 Å². The lowest BCUT2D eigenvalue weighted by molar-refractivity contribution is 1.18. The van der Waals surface area contributed by atoms with Crippen LogP contribution in [-0.2, 0) is 0 Å². The molecule has 1 aromatic rings. The van der Waals surface area contributed by atoms with Gasteiger partial charge in [-0.05, 0) is 80.0 Å². The lowest BCUT2D eigenvalue weighted by atomic mass is 9.85. The fourth-order valence-electron chi connectivity index (χ4n) is 3.46. The summed E-state index contributed by atoms with van der Waals surface area (Å²) in [5.41, 5.74) is 11.1. The van der Waals surface area contributed by atoms with Crippen molar-refractivity contribution in [3.63, 3.8) is 0 Å². The topological polar surface area (TPSA) is 0 Å². The molecule has 0 unspecified atom stereocenters. The molecule has 0 atom stereocenters. The van der Waals surface area contributed by atoms with Crippen LogP contribution in [0.25, 0.3) is 11.1 Å². The van der Waals surface area contributed by atoms with E-state index in [2.05, 4.69) is 88.4 Å². The van der Waals surface area contributed by atoms with Crippen molar-refractivity contribution in [1.82, 2.24) is 0 Å². The first-order valence-corrected chi connectivity index (χ1v) is 8.76. The lowest BCUT2D eigenvalue weighted by Crippen LogP contribution is -1.99. The molecule has 1 aromatic carbocycles.